The van der Waals surface area contributed by atoms with E-state index in [-0.39, 0.29) is 5.56 Å². The van der Waals surface area contributed by atoms with Crippen LogP contribution >= 0.6 is 15.9 Å². The fourth-order valence-electron chi connectivity index (χ4n) is 3.75. The molecule has 228 valence electrons. The zero-order valence-electron chi connectivity index (χ0n) is 23.5. The Morgan fingerprint density at radius 3 is 2.17 bits per heavy atom. The van der Waals surface area contributed by atoms with Crippen molar-refractivity contribution in [1.82, 2.24) is 20.2 Å². The predicted octanol–water partition coefficient (Wildman–Crippen LogP) is 0.469. The highest BCUT2D eigenvalue weighted by molar-refractivity contribution is 9.11. The number of rotatable bonds is 9. The second kappa shape index (κ2) is 13.1. The van der Waals surface area contributed by atoms with Crippen molar-refractivity contribution in [1.29, 1.82) is 0 Å². The van der Waals surface area contributed by atoms with Crippen LogP contribution in [0.4, 0.5) is 9.59 Å². The summed E-state index contributed by atoms with van der Waals surface area (Å²) in [6.45, 7) is 8.07. The monoisotopic (exact) mass is 646 g/mol. The molecule has 15 nitrogen and oxygen atoms in total. The lowest BCUT2D eigenvalue weighted by atomic mass is 9.85. The number of Topliss-reactive ketones (excluding diaryl/α,β-unsaturated/α-hetero) is 2. The summed E-state index contributed by atoms with van der Waals surface area (Å²) in [6.07, 6.45) is -5.71. The largest absolute Gasteiger partial charge is 0.444 e. The van der Waals surface area contributed by atoms with E-state index in [1.54, 1.807) is 41.5 Å². The van der Waals surface area contributed by atoms with Gasteiger partial charge < -0.3 is 35.1 Å². The van der Waals surface area contributed by atoms with Crippen molar-refractivity contribution in [2.45, 2.75) is 83.2 Å². The molecule has 2 rings (SSSR count). The van der Waals surface area contributed by atoms with Crippen LogP contribution in [0.3, 0.4) is 0 Å². The van der Waals surface area contributed by atoms with Gasteiger partial charge in [0.25, 0.3) is 5.56 Å². The van der Waals surface area contributed by atoms with E-state index < -0.39 is 89.8 Å². The smallest absolute Gasteiger partial charge is 0.408 e. The normalized spacial score (nSPS) is 21.8. The Kier molecular flexibility index (Phi) is 10.8. The summed E-state index contributed by atoms with van der Waals surface area (Å²) in [5, 5.41) is 26.7. The third-order valence-corrected chi connectivity index (χ3v) is 5.77. The average molecular weight is 647 g/mol. The van der Waals surface area contributed by atoms with Gasteiger partial charge in [0.2, 0.25) is 0 Å². The zero-order valence-corrected chi connectivity index (χ0v) is 25.1. The highest BCUT2D eigenvalue weighted by Crippen LogP contribution is 2.39. The molecule has 0 spiro atoms. The van der Waals surface area contributed by atoms with Crippen molar-refractivity contribution >= 4 is 45.8 Å². The molecule has 1 aromatic rings. The minimum absolute atomic E-state index is 0.00756. The van der Waals surface area contributed by atoms with Crippen LogP contribution in [0.1, 0.15) is 59.8 Å². The summed E-state index contributed by atoms with van der Waals surface area (Å²) in [5.41, 5.74) is -6.04. The second-order valence-electron chi connectivity index (χ2n) is 11.2. The van der Waals surface area contributed by atoms with E-state index >= 15 is 0 Å². The number of aliphatic hydroxyl groups excluding tert-OH is 1. The van der Waals surface area contributed by atoms with Crippen molar-refractivity contribution in [2.75, 3.05) is 13.1 Å². The molecule has 2 amide bonds. The van der Waals surface area contributed by atoms with Crippen LogP contribution in [0, 0.1) is 0 Å². The summed E-state index contributed by atoms with van der Waals surface area (Å²) in [6, 6.07) is 0. The van der Waals surface area contributed by atoms with E-state index in [2.05, 4.69) is 31.5 Å². The Balaban J connectivity index is 2.37. The van der Waals surface area contributed by atoms with Gasteiger partial charge in [-0.15, -0.1) is 0 Å². The molecule has 0 saturated carbocycles. The topological polar surface area (TPSA) is 215 Å². The highest BCUT2D eigenvalue weighted by Gasteiger charge is 2.57. The first-order chi connectivity index (χ1) is 18.8. The molecule has 0 aliphatic carbocycles. The molecule has 41 heavy (non-hydrogen) atoms. The molecule has 0 aromatic carbocycles. The number of nitrogens with zero attached hydrogens (tertiary/aromatic N) is 1. The third kappa shape index (κ3) is 9.34. The number of amides is 2. The quantitative estimate of drug-likeness (QED) is 0.248. The zero-order chi connectivity index (χ0) is 31.3. The summed E-state index contributed by atoms with van der Waals surface area (Å²) in [7, 11) is 0. The minimum Gasteiger partial charge on any atom is -0.444 e. The van der Waals surface area contributed by atoms with E-state index in [1.807, 2.05) is 0 Å². The van der Waals surface area contributed by atoms with Gasteiger partial charge in [-0.05, 0) is 52.6 Å². The number of halogens is 1. The van der Waals surface area contributed by atoms with Crippen molar-refractivity contribution < 1.29 is 43.6 Å². The van der Waals surface area contributed by atoms with Gasteiger partial charge in [-0.25, -0.2) is 14.4 Å². The van der Waals surface area contributed by atoms with Gasteiger partial charge in [0, 0.05) is 12.6 Å². The lowest BCUT2D eigenvalue weighted by Gasteiger charge is -2.29. The molecule has 1 unspecified atom stereocenters. The summed E-state index contributed by atoms with van der Waals surface area (Å²) < 4.78 is 16.7. The van der Waals surface area contributed by atoms with Gasteiger partial charge >= 0.3 is 17.9 Å². The maximum atomic E-state index is 13.2. The maximum absolute atomic E-state index is 13.2. The van der Waals surface area contributed by atoms with Gasteiger partial charge in [0.05, 0.1) is 18.7 Å². The van der Waals surface area contributed by atoms with Crippen molar-refractivity contribution in [3.63, 3.8) is 0 Å². The molecule has 5 N–H and O–H groups in total. The molecule has 0 radical (unpaired) electrons. The maximum Gasteiger partial charge on any atom is 0.408 e. The molecule has 1 aliphatic heterocycles. The number of aromatic amines is 1. The second-order valence-corrected chi connectivity index (χ2v) is 11.8. The van der Waals surface area contributed by atoms with Gasteiger partial charge in [-0.1, -0.05) is 15.9 Å². The van der Waals surface area contributed by atoms with Gasteiger partial charge in [-0.2, -0.15) is 0 Å². The van der Waals surface area contributed by atoms with Crippen molar-refractivity contribution in [3.8, 4) is 0 Å². The van der Waals surface area contributed by atoms with Crippen LogP contribution in [-0.2, 0) is 23.8 Å². The molecule has 1 aromatic heterocycles. The van der Waals surface area contributed by atoms with Crippen molar-refractivity contribution in [2.24, 2.45) is 0 Å². The number of hydrogen-bond acceptors (Lipinski definition) is 11. The van der Waals surface area contributed by atoms with Crippen LogP contribution in [0.15, 0.2) is 20.8 Å². The number of carbonyl (C=O) groups is 4. The molecule has 1 aliphatic rings. The fourth-order valence-corrected chi connectivity index (χ4v) is 4.04. The molecule has 1 fully saturated rings. The van der Waals surface area contributed by atoms with E-state index in [4.69, 9.17) is 14.2 Å². The Morgan fingerprint density at radius 1 is 1.12 bits per heavy atom. The van der Waals surface area contributed by atoms with Crippen LogP contribution in [0.25, 0.3) is 6.08 Å². The number of ether oxygens (including phenoxy) is 3. The Morgan fingerprint density at radius 2 is 1.66 bits per heavy atom. The van der Waals surface area contributed by atoms with E-state index in [9.17, 15) is 39.0 Å². The number of nitrogens with one attached hydrogen (secondary N) is 3. The molecular weight excluding hydrogens is 612 g/mol. The molecular formula is C25H35BrN4O11. The first-order valence-electron chi connectivity index (χ1n) is 12.5. The van der Waals surface area contributed by atoms with Gasteiger partial charge in [0.1, 0.15) is 29.6 Å². The summed E-state index contributed by atoms with van der Waals surface area (Å²) >= 11 is 3.03. The number of ketones is 2. The molecule has 1 saturated heterocycles. The number of carbonyl (C=O) groups excluding carboxylic acids is 4. The Hall–Kier alpha value is -3.34. The van der Waals surface area contributed by atoms with Crippen LogP contribution < -0.4 is 21.9 Å². The first kappa shape index (κ1) is 33.9. The average Bonchev–Trinajstić information content (AvgIpc) is 3.18. The number of aromatic nitrogens is 2. The number of H-pyrrole nitrogens is 1. The lowest BCUT2D eigenvalue weighted by Crippen LogP contribution is -2.57. The molecule has 2 heterocycles. The number of alkyl carbamates (subject to hydrolysis) is 2. The van der Waals surface area contributed by atoms with Crippen LogP contribution in [-0.4, -0.2) is 85.6 Å². The first-order valence-corrected chi connectivity index (χ1v) is 13.4. The Bertz CT molecular complexity index is 1310. The molecule has 4 atom stereocenters. The molecule has 16 heteroatoms. The van der Waals surface area contributed by atoms with E-state index in [0.29, 0.717) is 0 Å². The van der Waals surface area contributed by atoms with E-state index in [0.717, 1.165) is 10.8 Å². The molecule has 0 bridgehead atoms. The third-order valence-electron chi connectivity index (χ3n) is 5.51. The summed E-state index contributed by atoms with van der Waals surface area (Å²) in [5.74, 6) is -2.12. The number of aliphatic hydroxyl groups is 2. The summed E-state index contributed by atoms with van der Waals surface area (Å²) in [4.78, 5) is 78.1. The van der Waals surface area contributed by atoms with Crippen molar-refractivity contribution in [3.05, 3.63) is 37.6 Å². The fraction of sp³-hybridized carbons (Fsp3) is 0.600. The van der Waals surface area contributed by atoms with Crippen LogP contribution in [0.2, 0.25) is 0 Å². The van der Waals surface area contributed by atoms with Gasteiger partial charge in [-0.3, -0.25) is 23.9 Å². The van der Waals surface area contributed by atoms with Gasteiger partial charge in [0.15, 0.2) is 17.2 Å². The van der Waals surface area contributed by atoms with Crippen LogP contribution in [0.5, 0.6) is 0 Å². The lowest BCUT2D eigenvalue weighted by molar-refractivity contribution is -0.159. The van der Waals surface area contributed by atoms with E-state index in [1.165, 1.54) is 11.1 Å². The highest BCUT2D eigenvalue weighted by atomic mass is 79.9. The SMILES string of the molecule is CC(C)(C)OC(=O)NCC(=O)C(O)[C@H]1O[C@@H](n2cc(C=CBr)c(=O)[nH]c2=O)C[C@@]1(O)C(=O)CNC(=O)OC(C)(C)C. The number of hydrogen-bond donors (Lipinski definition) is 5. The predicted molar refractivity (Wildman–Crippen MR) is 147 cm³/mol. The Labute approximate surface area is 243 Å². The minimum atomic E-state index is -2.61. The standard InChI is InChI=1S/C25H35BrN4O11/c1-23(2,3)40-21(36)27-10-14(31)17(33)18-25(38,15(32)11-28-22(37)41-24(4,5)6)9-16(39-18)30-12-13(7-8-26)19(34)29-20(30)35/h7-8,12,16-18,33,38H,9-11H2,1-6H3,(H,27,36)(H,28,37)(H,29,34,35)/t16-,17?,18-,25-/m1/s1.